The Labute approximate surface area is 156 Å². The third kappa shape index (κ3) is 5.26. The van der Waals surface area contributed by atoms with Crippen LogP contribution in [0.5, 0.6) is 5.75 Å². The first kappa shape index (κ1) is 18.4. The molecule has 2 fully saturated rings. The van der Waals surface area contributed by atoms with Crippen LogP contribution in [0, 0.1) is 0 Å². The lowest BCUT2D eigenvalue weighted by Gasteiger charge is -2.35. The van der Waals surface area contributed by atoms with Crippen molar-refractivity contribution in [1.82, 2.24) is 14.7 Å². The lowest BCUT2D eigenvalue weighted by Crippen LogP contribution is -2.49. The van der Waals surface area contributed by atoms with E-state index in [1.165, 1.54) is 4.90 Å². The number of hydrogen-bond donors (Lipinski definition) is 0. The maximum Gasteiger partial charge on any atom is 0.229 e. The van der Waals surface area contributed by atoms with Crippen LogP contribution in [0.3, 0.4) is 0 Å². The van der Waals surface area contributed by atoms with E-state index in [-0.39, 0.29) is 11.8 Å². The lowest BCUT2D eigenvalue weighted by molar-refractivity contribution is -0.138. The zero-order valence-corrected chi connectivity index (χ0v) is 15.9. The van der Waals surface area contributed by atoms with Crippen molar-refractivity contribution in [2.24, 2.45) is 0 Å². The van der Waals surface area contributed by atoms with E-state index in [1.807, 2.05) is 24.3 Å². The largest absolute Gasteiger partial charge is 0.492 e. The summed E-state index contributed by atoms with van der Waals surface area (Å²) in [6.07, 6.45) is 0.759. The Morgan fingerprint density at radius 3 is 2.20 bits per heavy atom. The highest BCUT2D eigenvalue weighted by Gasteiger charge is 2.29. The van der Waals surface area contributed by atoms with Crippen LogP contribution in [-0.2, 0) is 9.59 Å². The number of carbonyl (C=O) groups excluding carboxylic acids is 2. The summed E-state index contributed by atoms with van der Waals surface area (Å²) in [7, 11) is 0. The first-order valence-electron chi connectivity index (χ1n) is 8.78. The minimum atomic E-state index is -0.0201. The number of ether oxygens (including phenoxy) is 1. The van der Waals surface area contributed by atoms with Gasteiger partial charge >= 0.3 is 0 Å². The average molecular weight is 410 g/mol. The van der Waals surface area contributed by atoms with E-state index in [1.54, 1.807) is 0 Å². The zero-order valence-electron chi connectivity index (χ0n) is 14.3. The molecule has 0 aromatic heterocycles. The van der Waals surface area contributed by atoms with Gasteiger partial charge in [-0.15, -0.1) is 0 Å². The molecule has 0 spiro atoms. The molecule has 6 nitrogen and oxygen atoms in total. The minimum absolute atomic E-state index is 0.0201. The second-order valence-corrected chi connectivity index (χ2v) is 7.34. The Bertz CT molecular complexity index is 601. The van der Waals surface area contributed by atoms with E-state index in [2.05, 4.69) is 25.7 Å². The molecule has 2 heterocycles. The highest BCUT2D eigenvalue weighted by Crippen LogP contribution is 2.17. The van der Waals surface area contributed by atoms with E-state index in [4.69, 9.17) is 4.74 Å². The van der Waals surface area contributed by atoms with Gasteiger partial charge in [0.05, 0.1) is 0 Å². The normalized spacial score (nSPS) is 19.6. The number of rotatable bonds is 7. The smallest absolute Gasteiger partial charge is 0.229 e. The summed E-state index contributed by atoms with van der Waals surface area (Å²) < 4.78 is 6.81. The van der Waals surface area contributed by atoms with Gasteiger partial charge in [-0.25, -0.2) is 0 Å². The molecule has 0 N–H and O–H groups in total. The van der Waals surface area contributed by atoms with Crippen LogP contribution in [-0.4, -0.2) is 78.9 Å². The van der Waals surface area contributed by atoms with Crippen LogP contribution in [0.25, 0.3) is 0 Å². The molecule has 2 amide bonds. The maximum atomic E-state index is 11.6. The summed E-state index contributed by atoms with van der Waals surface area (Å²) in [4.78, 5) is 29.4. The van der Waals surface area contributed by atoms with Crippen molar-refractivity contribution in [3.63, 3.8) is 0 Å². The van der Waals surface area contributed by atoms with Crippen molar-refractivity contribution in [3.05, 3.63) is 28.7 Å². The molecule has 0 bridgehead atoms. The SMILES string of the molecule is O=C1CCC(=O)N1CCN1CCN(CCOc2cccc(Br)c2)CC1. The molecule has 0 atom stereocenters. The molecular weight excluding hydrogens is 386 g/mol. The quantitative estimate of drug-likeness (QED) is 0.640. The van der Waals surface area contributed by atoms with E-state index < -0.39 is 0 Å². The van der Waals surface area contributed by atoms with E-state index in [0.29, 0.717) is 26.0 Å². The number of carbonyl (C=O) groups is 2. The molecule has 2 aliphatic rings. The predicted octanol–water partition coefficient (Wildman–Crippen LogP) is 1.59. The highest BCUT2D eigenvalue weighted by atomic mass is 79.9. The number of imide groups is 1. The molecule has 2 saturated heterocycles. The summed E-state index contributed by atoms with van der Waals surface area (Å²) in [5, 5.41) is 0. The zero-order chi connectivity index (χ0) is 17.6. The van der Waals surface area contributed by atoms with Crippen LogP contribution in [0.2, 0.25) is 0 Å². The number of piperazine rings is 1. The van der Waals surface area contributed by atoms with Crippen molar-refractivity contribution in [3.8, 4) is 5.75 Å². The van der Waals surface area contributed by atoms with Crippen molar-refractivity contribution in [2.75, 3.05) is 52.4 Å². The summed E-state index contributed by atoms with van der Waals surface area (Å²) in [6.45, 7) is 6.80. The number of likely N-dealkylation sites (tertiary alicyclic amines) is 1. The number of benzene rings is 1. The van der Waals surface area contributed by atoms with Crippen molar-refractivity contribution >= 4 is 27.7 Å². The highest BCUT2D eigenvalue weighted by molar-refractivity contribution is 9.10. The second-order valence-electron chi connectivity index (χ2n) is 6.43. The minimum Gasteiger partial charge on any atom is -0.492 e. The molecular formula is C18H24BrN3O3. The molecule has 0 aliphatic carbocycles. The van der Waals surface area contributed by atoms with Crippen molar-refractivity contribution in [2.45, 2.75) is 12.8 Å². The van der Waals surface area contributed by atoms with Gasteiger partial charge in [0.1, 0.15) is 12.4 Å². The fourth-order valence-corrected chi connectivity index (χ4v) is 3.58. The molecule has 0 unspecified atom stereocenters. The van der Waals surface area contributed by atoms with Crippen molar-refractivity contribution < 1.29 is 14.3 Å². The van der Waals surface area contributed by atoms with Gasteiger partial charge in [0.15, 0.2) is 0 Å². The van der Waals surface area contributed by atoms with Gasteiger partial charge in [0.25, 0.3) is 0 Å². The Morgan fingerprint density at radius 1 is 0.920 bits per heavy atom. The summed E-state index contributed by atoms with van der Waals surface area (Å²) >= 11 is 3.44. The van der Waals surface area contributed by atoms with Gasteiger partial charge in [-0.3, -0.25) is 24.3 Å². The first-order valence-corrected chi connectivity index (χ1v) is 9.57. The second kappa shape index (κ2) is 8.78. The first-order chi connectivity index (χ1) is 12.1. The van der Waals surface area contributed by atoms with Gasteiger partial charge in [-0.2, -0.15) is 0 Å². The van der Waals surface area contributed by atoms with E-state index >= 15 is 0 Å². The van der Waals surface area contributed by atoms with E-state index in [9.17, 15) is 9.59 Å². The summed E-state index contributed by atoms with van der Waals surface area (Å²) in [5.74, 6) is 0.842. The molecule has 1 aromatic rings. The molecule has 1 aromatic carbocycles. The Morgan fingerprint density at radius 2 is 1.56 bits per heavy atom. The number of nitrogens with zero attached hydrogens (tertiary/aromatic N) is 3. The molecule has 25 heavy (non-hydrogen) atoms. The van der Waals surface area contributed by atoms with Crippen molar-refractivity contribution in [1.29, 1.82) is 0 Å². The third-order valence-corrected chi connectivity index (χ3v) is 5.23. The molecule has 2 aliphatic heterocycles. The van der Waals surface area contributed by atoms with Crippen LogP contribution in [0.15, 0.2) is 28.7 Å². The molecule has 3 rings (SSSR count). The molecule has 7 heteroatoms. The Balaban J connectivity index is 1.32. The summed E-state index contributed by atoms with van der Waals surface area (Å²) in [5.41, 5.74) is 0. The Kier molecular flexibility index (Phi) is 6.45. The lowest BCUT2D eigenvalue weighted by atomic mass is 10.3. The van der Waals surface area contributed by atoms with E-state index in [0.717, 1.165) is 49.5 Å². The standard InChI is InChI=1S/C18H24BrN3O3/c19-15-2-1-3-16(14-15)25-13-12-21-8-6-20(7-9-21)10-11-22-17(23)4-5-18(22)24/h1-3,14H,4-13H2. The molecule has 0 radical (unpaired) electrons. The Hall–Kier alpha value is -1.44. The number of amides is 2. The van der Waals surface area contributed by atoms with Gasteiger partial charge < -0.3 is 4.74 Å². The van der Waals surface area contributed by atoms with Crippen LogP contribution < -0.4 is 4.74 Å². The van der Waals surface area contributed by atoms with Crippen LogP contribution >= 0.6 is 15.9 Å². The molecule has 136 valence electrons. The van der Waals surface area contributed by atoms with Crippen LogP contribution in [0.4, 0.5) is 0 Å². The van der Waals surface area contributed by atoms with Crippen LogP contribution in [0.1, 0.15) is 12.8 Å². The monoisotopic (exact) mass is 409 g/mol. The maximum absolute atomic E-state index is 11.6. The predicted molar refractivity (Wildman–Crippen MR) is 98.5 cm³/mol. The fourth-order valence-electron chi connectivity index (χ4n) is 3.20. The topological polar surface area (TPSA) is 53.1 Å². The number of hydrogen-bond acceptors (Lipinski definition) is 5. The van der Waals surface area contributed by atoms with Gasteiger partial charge in [0, 0.05) is 63.1 Å². The number of halogens is 1. The summed E-state index contributed by atoms with van der Waals surface area (Å²) in [6, 6.07) is 7.88. The third-order valence-electron chi connectivity index (χ3n) is 4.73. The fraction of sp³-hybridized carbons (Fsp3) is 0.556. The van der Waals surface area contributed by atoms with Gasteiger partial charge in [-0.1, -0.05) is 22.0 Å². The van der Waals surface area contributed by atoms with Gasteiger partial charge in [-0.05, 0) is 18.2 Å². The average Bonchev–Trinajstić information content (AvgIpc) is 2.92. The molecule has 0 saturated carbocycles. The van der Waals surface area contributed by atoms with Gasteiger partial charge in [0.2, 0.25) is 11.8 Å².